The van der Waals surface area contributed by atoms with E-state index in [1.165, 1.54) is 6.42 Å². The van der Waals surface area contributed by atoms with Crippen LogP contribution in [0.4, 0.5) is 0 Å². The first-order valence-corrected chi connectivity index (χ1v) is 10.9. The smallest absolute Gasteiger partial charge is 0.243 e. The lowest BCUT2D eigenvalue weighted by Gasteiger charge is -2.43. The molecule has 3 rings (SSSR count). The van der Waals surface area contributed by atoms with Crippen LogP contribution in [-0.2, 0) is 10.0 Å². The molecule has 0 radical (unpaired) electrons. The van der Waals surface area contributed by atoms with E-state index in [1.807, 2.05) is 13.8 Å². The summed E-state index contributed by atoms with van der Waals surface area (Å²) in [5.74, 6) is 1.62. The number of sulfonamides is 1. The molecule has 1 saturated heterocycles. The molecule has 0 N–H and O–H groups in total. The average Bonchev–Trinajstić information content (AvgIpc) is 2.63. The van der Waals surface area contributed by atoms with Crippen LogP contribution in [-0.4, -0.2) is 38.5 Å². The maximum Gasteiger partial charge on any atom is 0.243 e. The van der Waals surface area contributed by atoms with Crippen molar-refractivity contribution in [2.75, 3.05) is 19.8 Å². The molecule has 2 atom stereocenters. The third-order valence-electron chi connectivity index (χ3n) is 5.31. The minimum absolute atomic E-state index is 0.162. The number of hydrogen-bond donors (Lipinski definition) is 0. The molecule has 2 aliphatic rings. The minimum Gasteiger partial charge on any atom is -0.490 e. The van der Waals surface area contributed by atoms with Gasteiger partial charge in [-0.1, -0.05) is 12.8 Å². The van der Waals surface area contributed by atoms with Gasteiger partial charge in [-0.2, -0.15) is 4.31 Å². The molecule has 2 unspecified atom stereocenters. The fourth-order valence-corrected chi connectivity index (χ4v) is 5.98. The van der Waals surface area contributed by atoms with Crippen LogP contribution in [0, 0.1) is 5.92 Å². The normalized spacial score (nSPS) is 24.6. The van der Waals surface area contributed by atoms with Crippen LogP contribution in [0.3, 0.4) is 0 Å². The molecule has 0 amide bonds. The van der Waals surface area contributed by atoms with Crippen LogP contribution in [0.25, 0.3) is 0 Å². The van der Waals surface area contributed by atoms with Gasteiger partial charge in [0, 0.05) is 18.7 Å². The van der Waals surface area contributed by atoms with Crippen LogP contribution >= 0.6 is 0 Å². The fraction of sp³-hybridized carbons (Fsp3) is 0.684. The Kier molecular flexibility index (Phi) is 5.89. The monoisotopic (exact) mass is 367 g/mol. The highest BCUT2D eigenvalue weighted by molar-refractivity contribution is 7.89. The zero-order valence-electron chi connectivity index (χ0n) is 15.2. The Morgan fingerprint density at radius 2 is 1.68 bits per heavy atom. The van der Waals surface area contributed by atoms with Crippen molar-refractivity contribution in [1.29, 1.82) is 0 Å². The highest BCUT2D eigenvalue weighted by Gasteiger charge is 2.40. The van der Waals surface area contributed by atoms with Crippen molar-refractivity contribution in [3.8, 4) is 11.5 Å². The van der Waals surface area contributed by atoms with Crippen molar-refractivity contribution in [2.45, 2.75) is 63.3 Å². The second-order valence-electron chi connectivity index (χ2n) is 6.84. The summed E-state index contributed by atoms with van der Waals surface area (Å²) in [6.07, 6.45) is 6.61. The van der Waals surface area contributed by atoms with Crippen molar-refractivity contribution in [2.24, 2.45) is 5.92 Å². The Morgan fingerprint density at radius 1 is 1.00 bits per heavy atom. The summed E-state index contributed by atoms with van der Waals surface area (Å²) in [6, 6.07) is 5.14. The Morgan fingerprint density at radius 3 is 2.44 bits per heavy atom. The number of benzene rings is 1. The molecule has 1 aromatic rings. The summed E-state index contributed by atoms with van der Waals surface area (Å²) >= 11 is 0. The first kappa shape index (κ1) is 18.5. The largest absolute Gasteiger partial charge is 0.490 e. The predicted molar refractivity (Wildman–Crippen MR) is 97.7 cm³/mol. The summed E-state index contributed by atoms with van der Waals surface area (Å²) in [6.45, 7) is 5.40. The lowest BCUT2D eigenvalue weighted by molar-refractivity contribution is 0.129. The summed E-state index contributed by atoms with van der Waals surface area (Å²) in [5.41, 5.74) is 0. The van der Waals surface area contributed by atoms with Gasteiger partial charge in [0.1, 0.15) is 0 Å². The average molecular weight is 368 g/mol. The van der Waals surface area contributed by atoms with Gasteiger partial charge < -0.3 is 9.47 Å². The lowest BCUT2D eigenvalue weighted by Crippen LogP contribution is -2.49. The van der Waals surface area contributed by atoms with Crippen LogP contribution < -0.4 is 9.47 Å². The molecular weight excluding hydrogens is 338 g/mol. The zero-order chi connectivity index (χ0) is 17.9. The van der Waals surface area contributed by atoms with Crippen LogP contribution in [0.2, 0.25) is 0 Å². The molecule has 0 aromatic heterocycles. The second-order valence-corrected chi connectivity index (χ2v) is 8.73. The summed E-state index contributed by atoms with van der Waals surface area (Å²) in [5, 5.41) is 0. The molecule has 0 bridgehead atoms. The van der Waals surface area contributed by atoms with E-state index in [0.29, 0.717) is 42.1 Å². The summed E-state index contributed by atoms with van der Waals surface area (Å²) in [7, 11) is -3.51. The van der Waals surface area contributed by atoms with Crippen molar-refractivity contribution >= 4 is 10.0 Å². The van der Waals surface area contributed by atoms with Gasteiger partial charge in [-0.25, -0.2) is 8.42 Å². The number of nitrogens with zero attached hydrogens (tertiary/aromatic N) is 1. The fourth-order valence-electron chi connectivity index (χ4n) is 4.20. The molecule has 5 nitrogen and oxygen atoms in total. The SMILES string of the molecule is CCOc1ccc(S(=O)(=O)N2CCCC3CCCCC32)cc1OCC. The molecule has 0 spiro atoms. The van der Waals surface area contributed by atoms with Gasteiger partial charge in [0.05, 0.1) is 18.1 Å². The van der Waals surface area contributed by atoms with E-state index in [0.717, 1.165) is 32.1 Å². The quantitative estimate of drug-likeness (QED) is 0.767. The minimum atomic E-state index is -3.51. The molecule has 1 aliphatic carbocycles. The molecule has 2 fully saturated rings. The van der Waals surface area contributed by atoms with E-state index in [2.05, 4.69) is 0 Å². The van der Waals surface area contributed by atoms with Gasteiger partial charge in [-0.05, 0) is 57.6 Å². The molecule has 1 aliphatic heterocycles. The third kappa shape index (κ3) is 3.80. The van der Waals surface area contributed by atoms with Gasteiger partial charge in [-0.3, -0.25) is 0 Å². The van der Waals surface area contributed by atoms with Crippen LogP contribution in [0.15, 0.2) is 23.1 Å². The number of piperidine rings is 1. The Bertz CT molecular complexity index is 687. The van der Waals surface area contributed by atoms with Gasteiger partial charge in [0.25, 0.3) is 0 Å². The van der Waals surface area contributed by atoms with Crippen molar-refractivity contribution in [3.63, 3.8) is 0 Å². The molecular formula is C19H29NO4S. The molecule has 25 heavy (non-hydrogen) atoms. The molecule has 1 heterocycles. The maximum absolute atomic E-state index is 13.3. The Labute approximate surface area is 151 Å². The lowest BCUT2D eigenvalue weighted by atomic mass is 9.79. The van der Waals surface area contributed by atoms with Crippen molar-refractivity contribution < 1.29 is 17.9 Å². The number of rotatable bonds is 6. The first-order valence-electron chi connectivity index (χ1n) is 9.49. The standard InChI is InChI=1S/C19H29NO4S/c1-3-23-18-12-11-16(14-19(18)24-4-2)25(21,22)20-13-7-9-15-8-5-6-10-17(15)20/h11-12,14-15,17H,3-10,13H2,1-2H3. The van der Waals surface area contributed by atoms with E-state index in [-0.39, 0.29) is 6.04 Å². The Balaban J connectivity index is 1.92. The van der Waals surface area contributed by atoms with E-state index < -0.39 is 10.0 Å². The van der Waals surface area contributed by atoms with E-state index in [1.54, 1.807) is 22.5 Å². The highest BCUT2D eigenvalue weighted by atomic mass is 32.2. The molecule has 1 aromatic carbocycles. The summed E-state index contributed by atoms with van der Waals surface area (Å²) in [4.78, 5) is 0.311. The highest BCUT2D eigenvalue weighted by Crippen LogP contribution is 2.39. The number of ether oxygens (including phenoxy) is 2. The second kappa shape index (κ2) is 7.96. The van der Waals surface area contributed by atoms with Crippen molar-refractivity contribution in [1.82, 2.24) is 4.31 Å². The maximum atomic E-state index is 13.3. The third-order valence-corrected chi connectivity index (χ3v) is 7.23. The van der Waals surface area contributed by atoms with Gasteiger partial charge in [0.15, 0.2) is 11.5 Å². The number of fused-ring (bicyclic) bond motifs is 1. The molecule has 140 valence electrons. The van der Waals surface area contributed by atoms with Crippen molar-refractivity contribution in [3.05, 3.63) is 18.2 Å². The van der Waals surface area contributed by atoms with Gasteiger partial charge in [-0.15, -0.1) is 0 Å². The summed E-state index contributed by atoms with van der Waals surface area (Å²) < 4.78 is 39.5. The Hall–Kier alpha value is -1.27. The van der Waals surface area contributed by atoms with E-state index in [4.69, 9.17) is 9.47 Å². The number of hydrogen-bond acceptors (Lipinski definition) is 4. The first-order chi connectivity index (χ1) is 12.1. The van der Waals surface area contributed by atoms with Gasteiger partial charge in [0.2, 0.25) is 10.0 Å². The predicted octanol–water partition coefficient (Wildman–Crippen LogP) is 3.83. The molecule has 1 saturated carbocycles. The van der Waals surface area contributed by atoms with E-state index >= 15 is 0 Å². The molecule has 6 heteroatoms. The van der Waals surface area contributed by atoms with Crippen LogP contribution in [0.1, 0.15) is 52.4 Å². The van der Waals surface area contributed by atoms with Crippen LogP contribution in [0.5, 0.6) is 11.5 Å². The van der Waals surface area contributed by atoms with Gasteiger partial charge >= 0.3 is 0 Å². The zero-order valence-corrected chi connectivity index (χ0v) is 16.1. The topological polar surface area (TPSA) is 55.8 Å². The van der Waals surface area contributed by atoms with E-state index in [9.17, 15) is 8.42 Å².